The lowest BCUT2D eigenvalue weighted by Gasteiger charge is -2.21. The van der Waals surface area contributed by atoms with Crippen LogP contribution in [0.3, 0.4) is 0 Å². The van der Waals surface area contributed by atoms with E-state index in [0.717, 1.165) is 13.2 Å². The van der Waals surface area contributed by atoms with Gasteiger partial charge < -0.3 is 9.63 Å². The van der Waals surface area contributed by atoms with Gasteiger partial charge in [0.05, 0.1) is 5.69 Å². The zero-order valence-corrected chi connectivity index (χ0v) is 13.5. The molecule has 6 nitrogen and oxygen atoms in total. The SMILES string of the molecule is CC(CCc1cc(C#CCCC(F)F)on1)(C(=O)O)S(C)(=O)=O. The highest BCUT2D eigenvalue weighted by molar-refractivity contribution is 7.92. The van der Waals surface area contributed by atoms with Crippen molar-refractivity contribution in [3.8, 4) is 11.8 Å². The first-order valence-electron chi connectivity index (χ1n) is 6.72. The Bertz CT molecular complexity index is 717. The summed E-state index contributed by atoms with van der Waals surface area (Å²) in [6.45, 7) is 1.13. The van der Waals surface area contributed by atoms with Gasteiger partial charge in [0.1, 0.15) is 0 Å². The smallest absolute Gasteiger partial charge is 0.324 e. The van der Waals surface area contributed by atoms with E-state index < -0.39 is 27.0 Å². The predicted molar refractivity (Wildman–Crippen MR) is 77.8 cm³/mol. The molecule has 0 aromatic carbocycles. The van der Waals surface area contributed by atoms with Crippen molar-refractivity contribution in [3.05, 3.63) is 17.5 Å². The molecule has 9 heteroatoms. The molecule has 0 aliphatic rings. The second-order valence-electron chi connectivity index (χ2n) is 5.22. The number of halogens is 2. The molecule has 1 unspecified atom stereocenters. The van der Waals surface area contributed by atoms with E-state index in [9.17, 15) is 22.0 Å². The molecule has 0 spiro atoms. The average molecular weight is 349 g/mol. The summed E-state index contributed by atoms with van der Waals surface area (Å²) in [5.41, 5.74) is 0.347. The maximum absolute atomic E-state index is 11.9. The number of hydrogen-bond donors (Lipinski definition) is 1. The number of carbonyl (C=O) groups is 1. The molecule has 23 heavy (non-hydrogen) atoms. The van der Waals surface area contributed by atoms with Crippen LogP contribution in [0.2, 0.25) is 0 Å². The molecule has 1 N–H and O–H groups in total. The van der Waals surface area contributed by atoms with E-state index in [2.05, 4.69) is 17.0 Å². The van der Waals surface area contributed by atoms with Gasteiger partial charge in [-0.3, -0.25) is 4.79 Å². The summed E-state index contributed by atoms with van der Waals surface area (Å²) < 4.78 is 50.1. The molecule has 0 fully saturated rings. The molecule has 0 radical (unpaired) electrons. The predicted octanol–water partition coefficient (Wildman–Crippen LogP) is 1.89. The Labute approximate surface area is 132 Å². The van der Waals surface area contributed by atoms with Crippen molar-refractivity contribution in [2.24, 2.45) is 0 Å². The Hall–Kier alpha value is -1.95. The second kappa shape index (κ2) is 7.55. The van der Waals surface area contributed by atoms with Crippen LogP contribution in [-0.2, 0) is 21.1 Å². The lowest BCUT2D eigenvalue weighted by atomic mass is 10.0. The number of sulfone groups is 1. The average Bonchev–Trinajstić information content (AvgIpc) is 2.87. The van der Waals surface area contributed by atoms with Gasteiger partial charge in [-0.15, -0.1) is 0 Å². The highest BCUT2D eigenvalue weighted by Crippen LogP contribution is 2.23. The van der Waals surface area contributed by atoms with Crippen LogP contribution in [0.15, 0.2) is 10.6 Å². The number of carboxylic acid groups (broad SMARTS) is 1. The monoisotopic (exact) mass is 349 g/mol. The minimum atomic E-state index is -3.81. The maximum Gasteiger partial charge on any atom is 0.324 e. The van der Waals surface area contributed by atoms with Crippen molar-refractivity contribution in [2.45, 2.75) is 43.8 Å². The standard InChI is InChI=1S/C14H17F2NO5S/c1-14(13(18)19,23(2,20)21)8-7-10-9-11(22-17-10)5-3-4-6-12(15)16/h9,12H,4,6-8H2,1-2H3,(H,18,19). The maximum atomic E-state index is 11.9. The van der Waals surface area contributed by atoms with E-state index in [1.54, 1.807) is 0 Å². The number of hydrogen-bond acceptors (Lipinski definition) is 5. The summed E-state index contributed by atoms with van der Waals surface area (Å²) in [6, 6.07) is 1.43. The Morgan fingerprint density at radius 1 is 1.52 bits per heavy atom. The van der Waals surface area contributed by atoms with Crippen LogP contribution >= 0.6 is 0 Å². The summed E-state index contributed by atoms with van der Waals surface area (Å²) in [5.74, 6) is 3.75. The molecule has 0 bridgehead atoms. The normalized spacial score (nSPS) is 14.1. The quantitative estimate of drug-likeness (QED) is 0.755. The molecule has 1 aromatic rings. The molecule has 128 valence electrons. The highest BCUT2D eigenvalue weighted by Gasteiger charge is 2.43. The van der Waals surface area contributed by atoms with Gasteiger partial charge >= 0.3 is 5.97 Å². The van der Waals surface area contributed by atoms with Gasteiger partial charge in [0, 0.05) is 25.2 Å². The third-order valence-corrected chi connectivity index (χ3v) is 5.40. The summed E-state index contributed by atoms with van der Waals surface area (Å²) >= 11 is 0. The van der Waals surface area contributed by atoms with Crippen molar-refractivity contribution in [1.82, 2.24) is 5.16 Å². The molecule has 0 amide bonds. The Morgan fingerprint density at radius 3 is 2.70 bits per heavy atom. The zero-order valence-electron chi connectivity index (χ0n) is 12.7. The van der Waals surface area contributed by atoms with Crippen LogP contribution in [0.5, 0.6) is 0 Å². The van der Waals surface area contributed by atoms with Gasteiger partial charge in [0.2, 0.25) is 12.2 Å². The minimum absolute atomic E-state index is 0.0128. The molecule has 0 saturated heterocycles. The lowest BCUT2D eigenvalue weighted by Crippen LogP contribution is -2.43. The molecule has 1 atom stereocenters. The molecule has 0 saturated carbocycles. The number of alkyl halides is 2. The van der Waals surface area contributed by atoms with Crippen LogP contribution in [-0.4, -0.2) is 42.1 Å². The van der Waals surface area contributed by atoms with Crippen LogP contribution in [0.25, 0.3) is 0 Å². The largest absolute Gasteiger partial charge is 0.480 e. The van der Waals surface area contributed by atoms with E-state index in [0.29, 0.717) is 5.69 Å². The van der Waals surface area contributed by atoms with Crippen molar-refractivity contribution >= 4 is 15.8 Å². The van der Waals surface area contributed by atoms with Crippen LogP contribution in [0.1, 0.15) is 37.6 Å². The van der Waals surface area contributed by atoms with Crippen LogP contribution < -0.4 is 0 Å². The number of carboxylic acids is 1. The number of aliphatic carboxylic acids is 1. The molecule has 1 aromatic heterocycles. The fraction of sp³-hybridized carbons (Fsp3) is 0.571. The molecule has 1 rings (SSSR count). The van der Waals surface area contributed by atoms with Gasteiger partial charge in [-0.1, -0.05) is 11.1 Å². The third-order valence-electron chi connectivity index (χ3n) is 3.39. The second-order valence-corrected chi connectivity index (χ2v) is 7.67. The highest BCUT2D eigenvalue weighted by atomic mass is 32.2. The Morgan fingerprint density at radius 2 is 2.17 bits per heavy atom. The minimum Gasteiger partial charge on any atom is -0.480 e. The van der Waals surface area contributed by atoms with Crippen molar-refractivity contribution in [1.29, 1.82) is 0 Å². The summed E-state index contributed by atoms with van der Waals surface area (Å²) in [5, 5.41) is 12.8. The first-order chi connectivity index (χ1) is 10.6. The first kappa shape index (κ1) is 19.1. The summed E-state index contributed by atoms with van der Waals surface area (Å²) in [4.78, 5) is 11.2. The van der Waals surface area contributed by atoms with Gasteiger partial charge in [0.15, 0.2) is 14.6 Å². The van der Waals surface area contributed by atoms with Crippen molar-refractivity contribution in [3.63, 3.8) is 0 Å². The Kier molecular flexibility index (Phi) is 6.27. The van der Waals surface area contributed by atoms with E-state index in [4.69, 9.17) is 9.63 Å². The molecular formula is C14H17F2NO5S. The molecular weight excluding hydrogens is 332 g/mol. The van der Waals surface area contributed by atoms with Crippen molar-refractivity contribution in [2.75, 3.05) is 6.26 Å². The van der Waals surface area contributed by atoms with Crippen molar-refractivity contribution < 1.29 is 31.6 Å². The first-order valence-corrected chi connectivity index (χ1v) is 8.61. The van der Waals surface area contributed by atoms with Gasteiger partial charge in [0.25, 0.3) is 0 Å². The zero-order chi connectivity index (χ0) is 17.7. The van der Waals surface area contributed by atoms with Gasteiger partial charge in [-0.2, -0.15) is 0 Å². The molecule has 0 aliphatic carbocycles. The van der Waals surface area contributed by atoms with E-state index >= 15 is 0 Å². The van der Waals surface area contributed by atoms with Crippen LogP contribution in [0, 0.1) is 11.8 Å². The lowest BCUT2D eigenvalue weighted by molar-refractivity contribution is -0.139. The van der Waals surface area contributed by atoms with E-state index in [1.165, 1.54) is 6.07 Å². The molecule has 1 heterocycles. The number of nitrogens with zero attached hydrogens (tertiary/aromatic N) is 1. The Balaban J connectivity index is 2.71. The van der Waals surface area contributed by atoms with E-state index in [1.807, 2.05) is 0 Å². The topological polar surface area (TPSA) is 97.5 Å². The molecule has 0 aliphatic heterocycles. The number of aryl methyl sites for hydroxylation is 1. The summed E-state index contributed by atoms with van der Waals surface area (Å²) in [6.07, 6.45) is -1.98. The fourth-order valence-electron chi connectivity index (χ4n) is 1.64. The third kappa shape index (κ3) is 5.32. The summed E-state index contributed by atoms with van der Waals surface area (Å²) in [7, 11) is -3.81. The van der Waals surface area contributed by atoms with E-state index in [-0.39, 0.29) is 31.4 Å². The van der Waals surface area contributed by atoms with Gasteiger partial charge in [-0.25, -0.2) is 17.2 Å². The number of rotatable bonds is 7. The fourth-order valence-corrected chi connectivity index (χ4v) is 2.43. The number of aromatic nitrogens is 1. The van der Waals surface area contributed by atoms with Crippen LogP contribution in [0.4, 0.5) is 8.78 Å². The van der Waals surface area contributed by atoms with Gasteiger partial charge in [-0.05, 0) is 25.7 Å².